The van der Waals surface area contributed by atoms with Crippen LogP contribution in [0.5, 0.6) is 5.75 Å². The van der Waals surface area contributed by atoms with E-state index in [1.54, 1.807) is 0 Å². The molecule has 2 aliphatic rings. The molecule has 2 heterocycles. The van der Waals surface area contributed by atoms with Crippen LogP contribution in [0.3, 0.4) is 0 Å². The molecular formula is C19H23N3O3. The van der Waals surface area contributed by atoms with E-state index in [-0.39, 0.29) is 12.0 Å². The summed E-state index contributed by atoms with van der Waals surface area (Å²) in [6, 6.07) is 5.69. The minimum absolute atomic E-state index is 0.0589. The Morgan fingerprint density at radius 1 is 1.48 bits per heavy atom. The predicted octanol–water partition coefficient (Wildman–Crippen LogP) is 3.46. The van der Waals surface area contributed by atoms with E-state index in [1.165, 1.54) is 0 Å². The summed E-state index contributed by atoms with van der Waals surface area (Å²) in [5.41, 5.74) is 1.34. The number of nitrogens with zero attached hydrogens (tertiary/aromatic N) is 2. The quantitative estimate of drug-likeness (QED) is 0.736. The van der Waals surface area contributed by atoms with Gasteiger partial charge < -0.3 is 14.8 Å². The van der Waals surface area contributed by atoms with Crippen LogP contribution in [0.15, 0.2) is 28.4 Å². The summed E-state index contributed by atoms with van der Waals surface area (Å²) in [5.74, 6) is 3.31. The Bertz CT molecular complexity index is 696. The first kappa shape index (κ1) is 17.4. The third-order valence-corrected chi connectivity index (χ3v) is 4.46. The molecular weight excluding hydrogens is 318 g/mol. The van der Waals surface area contributed by atoms with Crippen molar-refractivity contribution in [2.24, 2.45) is 10.2 Å². The number of hydrogen-bond donors (Lipinski definition) is 1. The molecule has 3 rings (SSSR count). The van der Waals surface area contributed by atoms with Gasteiger partial charge in [-0.15, -0.1) is 12.3 Å². The molecule has 132 valence electrons. The van der Waals surface area contributed by atoms with Gasteiger partial charge in [-0.1, -0.05) is 6.07 Å². The Morgan fingerprint density at radius 3 is 3.00 bits per heavy atom. The summed E-state index contributed by atoms with van der Waals surface area (Å²) in [6.45, 7) is 3.34. The fraction of sp³-hybridized carbons (Fsp3) is 0.526. The van der Waals surface area contributed by atoms with E-state index in [0.717, 1.165) is 30.0 Å². The minimum Gasteiger partial charge on any atom is -0.488 e. The second-order valence-electron chi connectivity index (χ2n) is 6.52. The molecule has 0 bridgehead atoms. The molecule has 6 nitrogen and oxygen atoms in total. The van der Waals surface area contributed by atoms with Crippen LogP contribution in [0.4, 0.5) is 5.69 Å². The highest BCUT2D eigenvalue weighted by atomic mass is 16.5. The Labute approximate surface area is 148 Å². The standard InChI is InChI=1S/C19H23N3O3/c1-3-4-9-19(21-22-19)10-7-18(23)20-15-6-5-14(2)17(12-15)25-16-8-11-24-13-16/h1,5-6,12,16H,4,7-11,13H2,2H3,(H,20,23). The van der Waals surface area contributed by atoms with Crippen LogP contribution < -0.4 is 10.1 Å². The van der Waals surface area contributed by atoms with Crippen molar-refractivity contribution >= 4 is 11.6 Å². The highest BCUT2D eigenvalue weighted by Crippen LogP contribution is 2.37. The number of aryl methyl sites for hydroxylation is 1. The molecule has 1 N–H and O–H groups in total. The zero-order valence-electron chi connectivity index (χ0n) is 14.5. The van der Waals surface area contributed by atoms with Crippen LogP contribution in [0.2, 0.25) is 0 Å². The number of rotatable bonds is 8. The monoisotopic (exact) mass is 341 g/mol. The molecule has 0 saturated carbocycles. The molecule has 6 heteroatoms. The number of hydrogen-bond acceptors (Lipinski definition) is 5. The van der Waals surface area contributed by atoms with Crippen LogP contribution in [0, 0.1) is 19.3 Å². The van der Waals surface area contributed by atoms with E-state index in [0.29, 0.717) is 32.3 Å². The van der Waals surface area contributed by atoms with Crippen molar-refractivity contribution in [2.45, 2.75) is 50.8 Å². The molecule has 1 amide bonds. The summed E-state index contributed by atoms with van der Waals surface area (Å²) in [7, 11) is 0. The average Bonchev–Trinajstić information content (AvgIpc) is 3.19. The number of terminal acetylenes is 1. The smallest absolute Gasteiger partial charge is 0.224 e. The molecule has 0 radical (unpaired) electrons. The third-order valence-electron chi connectivity index (χ3n) is 4.46. The summed E-state index contributed by atoms with van der Waals surface area (Å²) >= 11 is 0. The number of carbonyl (C=O) groups excluding carboxylic acids is 1. The molecule has 1 fully saturated rings. The fourth-order valence-corrected chi connectivity index (χ4v) is 2.80. The van der Waals surface area contributed by atoms with Gasteiger partial charge in [0.2, 0.25) is 5.91 Å². The molecule has 25 heavy (non-hydrogen) atoms. The Morgan fingerprint density at radius 2 is 2.32 bits per heavy atom. The SMILES string of the molecule is C#CCCC1(CCC(=O)Nc2ccc(C)c(OC3CCOC3)c2)N=N1. The van der Waals surface area contributed by atoms with Gasteiger partial charge in [0.15, 0.2) is 5.66 Å². The lowest BCUT2D eigenvalue weighted by molar-refractivity contribution is -0.116. The average molecular weight is 341 g/mol. The van der Waals surface area contributed by atoms with E-state index in [9.17, 15) is 4.79 Å². The van der Waals surface area contributed by atoms with Crippen LogP contribution in [0.1, 0.15) is 37.7 Å². The Balaban J connectivity index is 1.51. The topological polar surface area (TPSA) is 72.3 Å². The van der Waals surface area contributed by atoms with Gasteiger partial charge in [-0.05, 0) is 18.6 Å². The maximum Gasteiger partial charge on any atom is 0.224 e. The van der Waals surface area contributed by atoms with Crippen molar-refractivity contribution in [3.05, 3.63) is 23.8 Å². The van der Waals surface area contributed by atoms with Gasteiger partial charge in [0.05, 0.1) is 13.2 Å². The summed E-state index contributed by atoms with van der Waals surface area (Å²) in [5, 5.41) is 11.0. The van der Waals surface area contributed by atoms with E-state index in [4.69, 9.17) is 15.9 Å². The Kier molecular flexibility index (Phi) is 5.34. The summed E-state index contributed by atoms with van der Waals surface area (Å²) in [4.78, 5) is 12.2. The summed E-state index contributed by atoms with van der Waals surface area (Å²) in [6.07, 6.45) is 8.53. The maximum absolute atomic E-state index is 12.2. The van der Waals surface area contributed by atoms with Crippen molar-refractivity contribution < 1.29 is 14.3 Å². The normalized spacial score (nSPS) is 20.1. The van der Waals surface area contributed by atoms with Gasteiger partial charge in [-0.3, -0.25) is 4.79 Å². The molecule has 1 aromatic rings. The van der Waals surface area contributed by atoms with Gasteiger partial charge in [-0.25, -0.2) is 0 Å². The molecule has 1 unspecified atom stereocenters. The van der Waals surface area contributed by atoms with Gasteiger partial charge in [0, 0.05) is 43.9 Å². The maximum atomic E-state index is 12.2. The summed E-state index contributed by atoms with van der Waals surface area (Å²) < 4.78 is 11.3. The Hall–Kier alpha value is -2.39. The van der Waals surface area contributed by atoms with Crippen LogP contribution in [-0.2, 0) is 9.53 Å². The van der Waals surface area contributed by atoms with Crippen LogP contribution in [-0.4, -0.2) is 30.9 Å². The number of nitrogens with one attached hydrogen (secondary N) is 1. The van der Waals surface area contributed by atoms with Crippen molar-refractivity contribution in [3.8, 4) is 18.1 Å². The molecule has 1 aromatic carbocycles. The minimum atomic E-state index is -0.423. The van der Waals surface area contributed by atoms with E-state index >= 15 is 0 Å². The largest absolute Gasteiger partial charge is 0.488 e. The predicted molar refractivity (Wildman–Crippen MR) is 94.5 cm³/mol. The van der Waals surface area contributed by atoms with Gasteiger partial charge >= 0.3 is 0 Å². The van der Waals surface area contributed by atoms with Crippen LogP contribution in [0.25, 0.3) is 0 Å². The zero-order chi connectivity index (χ0) is 17.7. The van der Waals surface area contributed by atoms with E-state index in [2.05, 4.69) is 21.5 Å². The molecule has 0 spiro atoms. The fourth-order valence-electron chi connectivity index (χ4n) is 2.80. The number of benzene rings is 1. The first-order chi connectivity index (χ1) is 12.1. The third kappa shape index (κ3) is 4.80. The lowest BCUT2D eigenvalue weighted by Crippen LogP contribution is -2.18. The first-order valence-electron chi connectivity index (χ1n) is 8.63. The van der Waals surface area contributed by atoms with Crippen LogP contribution >= 0.6 is 0 Å². The van der Waals surface area contributed by atoms with Gasteiger partial charge in [0.25, 0.3) is 0 Å². The lowest BCUT2D eigenvalue weighted by atomic mass is 10.0. The number of amides is 1. The molecule has 2 aliphatic heterocycles. The first-order valence-corrected chi connectivity index (χ1v) is 8.63. The van der Waals surface area contributed by atoms with E-state index < -0.39 is 5.66 Å². The van der Waals surface area contributed by atoms with Crippen molar-refractivity contribution in [1.29, 1.82) is 0 Å². The number of ether oxygens (including phenoxy) is 2. The number of anilines is 1. The molecule has 0 aliphatic carbocycles. The van der Waals surface area contributed by atoms with Gasteiger partial charge in [-0.2, -0.15) is 10.2 Å². The van der Waals surface area contributed by atoms with Crippen molar-refractivity contribution in [1.82, 2.24) is 0 Å². The van der Waals surface area contributed by atoms with Crippen molar-refractivity contribution in [3.63, 3.8) is 0 Å². The van der Waals surface area contributed by atoms with Gasteiger partial charge in [0.1, 0.15) is 11.9 Å². The van der Waals surface area contributed by atoms with E-state index in [1.807, 2.05) is 25.1 Å². The highest BCUT2D eigenvalue weighted by Gasteiger charge is 2.39. The highest BCUT2D eigenvalue weighted by molar-refractivity contribution is 5.91. The number of carbonyl (C=O) groups is 1. The molecule has 1 atom stereocenters. The van der Waals surface area contributed by atoms with Crippen molar-refractivity contribution in [2.75, 3.05) is 18.5 Å². The zero-order valence-corrected chi connectivity index (χ0v) is 14.5. The molecule has 0 aromatic heterocycles. The lowest BCUT2D eigenvalue weighted by Gasteiger charge is -2.16. The second kappa shape index (κ2) is 7.66. The second-order valence-corrected chi connectivity index (χ2v) is 6.52. The molecule has 1 saturated heterocycles.